The number of hydrogen-bond donors (Lipinski definition) is 0. The van der Waals surface area contributed by atoms with Crippen molar-refractivity contribution in [3.05, 3.63) is 16.5 Å². The molecule has 0 aliphatic carbocycles. The molecule has 0 fully saturated rings. The molecule has 1 aliphatic rings. The number of ketones is 1. The number of fused-ring (bicyclic) bond motifs is 1. The molecule has 0 amide bonds. The maximum Gasteiger partial charge on any atom is 0.204 e. The lowest BCUT2D eigenvalue weighted by atomic mass is 10.2. The topological polar surface area (TPSA) is 43.4 Å². The van der Waals surface area contributed by atoms with Crippen LogP contribution in [-0.2, 0) is 0 Å². The first-order valence-electron chi connectivity index (χ1n) is 3.06. The third kappa shape index (κ3) is 0.867. The summed E-state index contributed by atoms with van der Waals surface area (Å²) in [6.07, 6.45) is 0.722. The molecule has 56 valence electrons. The maximum absolute atomic E-state index is 11.0. The second-order valence-electron chi connectivity index (χ2n) is 2.18. The van der Waals surface area contributed by atoms with Crippen molar-refractivity contribution in [2.45, 2.75) is 0 Å². The Bertz CT molecular complexity index is 326. The van der Waals surface area contributed by atoms with E-state index in [9.17, 15) is 9.59 Å². The molecule has 0 saturated carbocycles. The van der Waals surface area contributed by atoms with Crippen LogP contribution in [-0.4, -0.2) is 18.7 Å². The zero-order valence-electron chi connectivity index (χ0n) is 5.49. The Labute approximate surface area is 66.6 Å². The van der Waals surface area contributed by atoms with Gasteiger partial charge in [-0.3, -0.25) is 9.59 Å². The van der Waals surface area contributed by atoms with Crippen molar-refractivity contribution in [2.75, 3.05) is 6.61 Å². The fraction of sp³-hybridized carbons (Fsp3) is 0.143. The van der Waals surface area contributed by atoms with Gasteiger partial charge in [-0.15, -0.1) is 0 Å². The quantitative estimate of drug-likeness (QED) is 0.590. The average molecular weight is 168 g/mol. The average Bonchev–Trinajstić information content (AvgIpc) is 2.53. The third-order valence-corrected chi connectivity index (χ3v) is 2.44. The standard InChI is InChI=1S/C7H4O3S/c8-2-4-1-5-6(9)3-10-7(5)11-4/h1-2H,3H2. The minimum atomic E-state index is -0.0376. The van der Waals surface area contributed by atoms with Crippen molar-refractivity contribution in [3.63, 3.8) is 0 Å². The van der Waals surface area contributed by atoms with Gasteiger partial charge < -0.3 is 4.74 Å². The predicted molar refractivity (Wildman–Crippen MR) is 39.5 cm³/mol. The van der Waals surface area contributed by atoms with Gasteiger partial charge in [-0.2, -0.15) is 0 Å². The Balaban J connectivity index is 2.54. The first kappa shape index (κ1) is 6.54. The van der Waals surface area contributed by atoms with Crippen molar-refractivity contribution in [1.29, 1.82) is 0 Å². The van der Waals surface area contributed by atoms with Gasteiger partial charge in [-0.1, -0.05) is 11.3 Å². The molecule has 2 heterocycles. The lowest BCUT2D eigenvalue weighted by molar-refractivity contribution is 0.0961. The third-order valence-electron chi connectivity index (χ3n) is 1.47. The summed E-state index contributed by atoms with van der Waals surface area (Å²) >= 11 is 1.21. The number of carbonyl (C=O) groups excluding carboxylic acids is 2. The van der Waals surface area contributed by atoms with Crippen molar-refractivity contribution < 1.29 is 14.3 Å². The molecule has 2 rings (SSSR count). The molecule has 0 spiro atoms. The fourth-order valence-corrected chi connectivity index (χ4v) is 1.80. The molecule has 0 radical (unpaired) electrons. The van der Waals surface area contributed by atoms with Gasteiger partial charge in [-0.05, 0) is 6.07 Å². The molecule has 1 aromatic heterocycles. The molecule has 1 aromatic rings. The van der Waals surface area contributed by atoms with Crippen LogP contribution in [0.15, 0.2) is 6.07 Å². The Morgan fingerprint density at radius 3 is 3.09 bits per heavy atom. The van der Waals surface area contributed by atoms with Crippen LogP contribution in [0.2, 0.25) is 0 Å². The van der Waals surface area contributed by atoms with E-state index in [-0.39, 0.29) is 12.4 Å². The van der Waals surface area contributed by atoms with E-state index in [2.05, 4.69) is 0 Å². The van der Waals surface area contributed by atoms with Gasteiger partial charge in [0.15, 0.2) is 18.0 Å². The van der Waals surface area contributed by atoms with E-state index in [1.54, 1.807) is 6.07 Å². The summed E-state index contributed by atoms with van der Waals surface area (Å²) in [6, 6.07) is 1.57. The monoisotopic (exact) mass is 168 g/mol. The van der Waals surface area contributed by atoms with Crippen LogP contribution in [0, 0.1) is 0 Å². The molecule has 0 aromatic carbocycles. The van der Waals surface area contributed by atoms with Crippen LogP contribution in [0.4, 0.5) is 0 Å². The zero-order chi connectivity index (χ0) is 7.84. The minimum absolute atomic E-state index is 0.0376. The smallest absolute Gasteiger partial charge is 0.204 e. The summed E-state index contributed by atoms with van der Waals surface area (Å²) in [6.45, 7) is 0.125. The molecular weight excluding hydrogens is 164 g/mol. The van der Waals surface area contributed by atoms with E-state index in [4.69, 9.17) is 4.74 Å². The number of hydrogen-bond acceptors (Lipinski definition) is 4. The highest BCUT2D eigenvalue weighted by Gasteiger charge is 2.23. The van der Waals surface area contributed by atoms with Gasteiger partial charge in [0.25, 0.3) is 0 Å². The van der Waals surface area contributed by atoms with Crippen LogP contribution >= 0.6 is 11.3 Å². The summed E-state index contributed by atoms with van der Waals surface area (Å²) in [5.74, 6) is -0.0376. The summed E-state index contributed by atoms with van der Waals surface area (Å²) in [5, 5.41) is 0.581. The van der Waals surface area contributed by atoms with E-state index >= 15 is 0 Å². The molecule has 0 N–H and O–H groups in total. The molecule has 0 bridgehead atoms. The van der Waals surface area contributed by atoms with E-state index in [0.29, 0.717) is 15.5 Å². The highest BCUT2D eigenvalue weighted by Crippen LogP contribution is 2.33. The first-order valence-corrected chi connectivity index (χ1v) is 3.88. The molecule has 0 saturated heterocycles. The van der Waals surface area contributed by atoms with Crippen molar-refractivity contribution in [1.82, 2.24) is 0 Å². The number of ether oxygens (including phenoxy) is 1. The van der Waals surface area contributed by atoms with Crippen LogP contribution in [0.5, 0.6) is 5.06 Å². The maximum atomic E-state index is 11.0. The molecule has 3 nitrogen and oxygen atoms in total. The highest BCUT2D eigenvalue weighted by molar-refractivity contribution is 7.16. The van der Waals surface area contributed by atoms with Crippen LogP contribution < -0.4 is 4.74 Å². The van der Waals surface area contributed by atoms with Gasteiger partial charge in [0.1, 0.15) is 0 Å². The van der Waals surface area contributed by atoms with E-state index in [0.717, 1.165) is 6.29 Å². The fourth-order valence-electron chi connectivity index (χ4n) is 0.961. The van der Waals surface area contributed by atoms with Gasteiger partial charge in [0.2, 0.25) is 5.78 Å². The lowest BCUT2D eigenvalue weighted by Crippen LogP contribution is -1.99. The minimum Gasteiger partial charge on any atom is -0.475 e. The largest absolute Gasteiger partial charge is 0.475 e. The SMILES string of the molecule is O=Cc1cc2c(s1)OCC2=O. The first-order chi connectivity index (χ1) is 5.31. The Morgan fingerprint density at radius 2 is 2.45 bits per heavy atom. The predicted octanol–water partition coefficient (Wildman–Crippen LogP) is 1.14. The Morgan fingerprint density at radius 1 is 1.64 bits per heavy atom. The summed E-state index contributed by atoms with van der Waals surface area (Å²) in [4.78, 5) is 21.8. The van der Waals surface area contributed by atoms with Crippen LogP contribution in [0.3, 0.4) is 0 Å². The number of carbonyl (C=O) groups is 2. The second kappa shape index (κ2) is 2.17. The number of rotatable bonds is 1. The zero-order valence-corrected chi connectivity index (χ0v) is 6.31. The molecule has 4 heteroatoms. The number of aldehydes is 1. The van der Waals surface area contributed by atoms with Crippen LogP contribution in [0.25, 0.3) is 0 Å². The van der Waals surface area contributed by atoms with Crippen molar-refractivity contribution in [3.8, 4) is 5.06 Å². The molecule has 1 aliphatic heterocycles. The van der Waals surface area contributed by atoms with E-state index < -0.39 is 0 Å². The molecule has 0 atom stereocenters. The second-order valence-corrected chi connectivity index (χ2v) is 3.23. The number of Topliss-reactive ketones (excluding diaryl/α,β-unsaturated/α-hetero) is 1. The van der Waals surface area contributed by atoms with E-state index in [1.807, 2.05) is 0 Å². The highest BCUT2D eigenvalue weighted by atomic mass is 32.1. The Hall–Kier alpha value is -1.16. The molecule has 11 heavy (non-hydrogen) atoms. The summed E-state index contributed by atoms with van der Waals surface area (Å²) in [7, 11) is 0. The van der Waals surface area contributed by atoms with Crippen molar-refractivity contribution >= 4 is 23.4 Å². The summed E-state index contributed by atoms with van der Waals surface area (Å²) < 4.78 is 5.00. The summed E-state index contributed by atoms with van der Waals surface area (Å²) in [5.41, 5.74) is 0.553. The van der Waals surface area contributed by atoms with Gasteiger partial charge in [-0.25, -0.2) is 0 Å². The van der Waals surface area contributed by atoms with Gasteiger partial charge in [0, 0.05) is 0 Å². The van der Waals surface area contributed by atoms with E-state index in [1.165, 1.54) is 11.3 Å². The van der Waals surface area contributed by atoms with Gasteiger partial charge in [0.05, 0.1) is 10.4 Å². The molecular formula is C7H4O3S. The number of thiophene rings is 1. The normalized spacial score (nSPS) is 14.4. The van der Waals surface area contributed by atoms with Gasteiger partial charge >= 0.3 is 0 Å². The Kier molecular flexibility index (Phi) is 1.29. The van der Waals surface area contributed by atoms with Crippen LogP contribution in [0.1, 0.15) is 20.0 Å². The lowest BCUT2D eigenvalue weighted by Gasteiger charge is -1.86. The van der Waals surface area contributed by atoms with Crippen molar-refractivity contribution in [2.24, 2.45) is 0 Å². The molecule has 0 unspecified atom stereocenters.